The van der Waals surface area contributed by atoms with Crippen molar-refractivity contribution in [3.05, 3.63) is 29.3 Å². The van der Waals surface area contributed by atoms with Crippen molar-refractivity contribution in [2.24, 2.45) is 0 Å². The minimum atomic E-state index is -0.322. The topological polar surface area (TPSA) is 76.1 Å². The molecule has 4 N–H and O–H groups in total. The molecule has 9 heteroatoms. The quantitative estimate of drug-likeness (QED) is 0.288. The lowest BCUT2D eigenvalue weighted by Gasteiger charge is -2.23. The summed E-state index contributed by atoms with van der Waals surface area (Å²) in [6.07, 6.45) is 1.00. The highest BCUT2D eigenvalue weighted by atomic mass is 35.5. The van der Waals surface area contributed by atoms with Crippen LogP contribution in [0.3, 0.4) is 0 Å². The molecule has 1 aliphatic rings. The summed E-state index contributed by atoms with van der Waals surface area (Å²) in [6, 6.07) is 6.80. The Morgan fingerprint density at radius 2 is 1.96 bits per heavy atom. The number of hydrazine groups is 1. The smallest absolute Gasteiger partial charge is 0.276 e. The fourth-order valence-corrected chi connectivity index (χ4v) is 2.62. The molecule has 1 aliphatic heterocycles. The number of hydrogen-bond acceptors (Lipinski definition) is 4. The van der Waals surface area contributed by atoms with Gasteiger partial charge in [-0.3, -0.25) is 15.6 Å². The van der Waals surface area contributed by atoms with Crippen molar-refractivity contribution in [3.63, 3.8) is 0 Å². The van der Waals surface area contributed by atoms with Crippen LogP contribution in [0.1, 0.15) is 6.42 Å². The molecule has 2 rings (SSSR count). The summed E-state index contributed by atoms with van der Waals surface area (Å²) in [6.45, 7) is 5.53. The fraction of sp³-hybridized carbons (Fsp3) is 0.500. The Bertz CT molecular complexity index is 553. The van der Waals surface area contributed by atoms with Crippen LogP contribution in [0, 0.1) is 0 Å². The molecule has 0 aromatic heterocycles. The van der Waals surface area contributed by atoms with Crippen LogP contribution < -0.4 is 25.8 Å². The van der Waals surface area contributed by atoms with Gasteiger partial charge in [-0.2, -0.15) is 0 Å². The van der Waals surface area contributed by atoms with Crippen molar-refractivity contribution in [1.29, 1.82) is 0 Å². The van der Waals surface area contributed by atoms with Crippen LogP contribution in [0.15, 0.2) is 24.3 Å². The second kappa shape index (κ2) is 11.1. The van der Waals surface area contributed by atoms with Gasteiger partial charge in [0.15, 0.2) is 11.7 Å². The number of rotatable bonds is 7. The number of amides is 1. The van der Waals surface area contributed by atoms with E-state index in [1.165, 1.54) is 0 Å². The number of ether oxygens (including phenoxy) is 2. The van der Waals surface area contributed by atoms with Crippen molar-refractivity contribution in [2.45, 2.75) is 6.42 Å². The lowest BCUT2D eigenvalue weighted by Crippen LogP contribution is -3.14. The summed E-state index contributed by atoms with van der Waals surface area (Å²) in [4.78, 5) is 13.3. The maximum absolute atomic E-state index is 11.7. The zero-order valence-electron chi connectivity index (χ0n) is 14.0. The van der Waals surface area contributed by atoms with Crippen molar-refractivity contribution in [2.75, 3.05) is 46.0 Å². The van der Waals surface area contributed by atoms with E-state index in [2.05, 4.69) is 16.2 Å². The first-order valence-corrected chi connectivity index (χ1v) is 9.04. The highest BCUT2D eigenvalue weighted by molar-refractivity contribution is 7.80. The molecule has 1 aromatic carbocycles. The second-order valence-corrected chi connectivity index (χ2v) is 6.48. The molecule has 1 heterocycles. The average Bonchev–Trinajstić information content (AvgIpc) is 2.64. The number of benzene rings is 1. The standard InChI is InChI=1S/C16H23ClN4O3S/c17-13-2-4-14(5-3-13)24-12-15(22)19-20-16(25)18-6-1-7-21-8-10-23-11-9-21/h2-5H,1,6-12H2,(H,19,22)(H2,18,20,25)/p+1. The third kappa shape index (κ3) is 8.35. The maximum Gasteiger partial charge on any atom is 0.276 e. The van der Waals surface area contributed by atoms with Crippen molar-refractivity contribution >= 4 is 34.8 Å². The van der Waals surface area contributed by atoms with E-state index in [9.17, 15) is 4.79 Å². The first-order chi connectivity index (χ1) is 12.1. The number of quaternary nitrogens is 1. The summed E-state index contributed by atoms with van der Waals surface area (Å²) in [5.74, 6) is 0.253. The van der Waals surface area contributed by atoms with Crippen LogP contribution in [-0.2, 0) is 9.53 Å². The third-order valence-electron chi connectivity index (χ3n) is 3.69. The number of hydrogen-bond donors (Lipinski definition) is 4. The largest absolute Gasteiger partial charge is 0.484 e. The van der Waals surface area contributed by atoms with E-state index in [1.54, 1.807) is 29.2 Å². The van der Waals surface area contributed by atoms with Gasteiger partial charge in [0.05, 0.1) is 19.8 Å². The summed E-state index contributed by atoms with van der Waals surface area (Å²) >= 11 is 10.9. The number of halogens is 1. The van der Waals surface area contributed by atoms with Crippen molar-refractivity contribution in [1.82, 2.24) is 16.2 Å². The molecule has 1 saturated heterocycles. The minimum absolute atomic E-state index is 0.113. The monoisotopic (exact) mass is 387 g/mol. The van der Waals surface area contributed by atoms with Crippen LogP contribution in [-0.4, -0.2) is 57.0 Å². The van der Waals surface area contributed by atoms with Gasteiger partial charge < -0.3 is 19.7 Å². The molecule has 0 aliphatic carbocycles. The Morgan fingerprint density at radius 3 is 2.68 bits per heavy atom. The third-order valence-corrected chi connectivity index (χ3v) is 4.19. The molecule has 0 spiro atoms. The number of morpholine rings is 1. The van der Waals surface area contributed by atoms with Crippen LogP contribution in [0.25, 0.3) is 0 Å². The maximum atomic E-state index is 11.7. The van der Waals surface area contributed by atoms with E-state index >= 15 is 0 Å². The highest BCUT2D eigenvalue weighted by Gasteiger charge is 2.12. The lowest BCUT2D eigenvalue weighted by molar-refractivity contribution is -0.908. The average molecular weight is 388 g/mol. The SMILES string of the molecule is O=C(COc1ccc(Cl)cc1)NNC(=S)NCCC[NH+]1CCOCC1. The Balaban J connectivity index is 1.50. The van der Waals surface area contributed by atoms with Gasteiger partial charge >= 0.3 is 0 Å². The molecular weight excluding hydrogens is 364 g/mol. The molecule has 0 saturated carbocycles. The van der Waals surface area contributed by atoms with Gasteiger partial charge in [-0.1, -0.05) is 11.6 Å². The normalized spacial score (nSPS) is 14.6. The molecule has 25 heavy (non-hydrogen) atoms. The molecule has 1 amide bonds. The summed E-state index contributed by atoms with van der Waals surface area (Å²) in [5, 5.41) is 4.06. The van der Waals surface area contributed by atoms with Gasteiger partial charge in [-0.15, -0.1) is 0 Å². The molecule has 7 nitrogen and oxygen atoms in total. The molecule has 0 bridgehead atoms. The van der Waals surface area contributed by atoms with Gasteiger partial charge in [0.2, 0.25) is 0 Å². The van der Waals surface area contributed by atoms with Gasteiger partial charge in [0.25, 0.3) is 5.91 Å². The first-order valence-electron chi connectivity index (χ1n) is 8.26. The van der Waals surface area contributed by atoms with Crippen LogP contribution in [0.5, 0.6) is 5.75 Å². The highest BCUT2D eigenvalue weighted by Crippen LogP contribution is 2.15. The van der Waals surface area contributed by atoms with Gasteiger partial charge in [0, 0.05) is 18.0 Å². The Morgan fingerprint density at radius 1 is 1.24 bits per heavy atom. The molecule has 1 fully saturated rings. The van der Waals surface area contributed by atoms with Crippen LogP contribution >= 0.6 is 23.8 Å². The van der Waals surface area contributed by atoms with E-state index in [4.69, 9.17) is 33.3 Å². The number of carbonyl (C=O) groups excluding carboxylic acids is 1. The fourth-order valence-electron chi connectivity index (χ4n) is 2.34. The van der Waals surface area contributed by atoms with Gasteiger partial charge in [-0.25, -0.2) is 0 Å². The first kappa shape index (κ1) is 19.7. The molecule has 0 atom stereocenters. The van der Waals surface area contributed by atoms with Crippen LogP contribution in [0.2, 0.25) is 5.02 Å². The second-order valence-electron chi connectivity index (χ2n) is 5.64. The minimum Gasteiger partial charge on any atom is -0.484 e. The molecule has 0 unspecified atom stereocenters. The molecule has 0 radical (unpaired) electrons. The number of nitrogens with one attached hydrogen (secondary N) is 4. The van der Waals surface area contributed by atoms with E-state index in [0.717, 1.165) is 45.8 Å². The zero-order valence-corrected chi connectivity index (χ0v) is 15.5. The summed E-state index contributed by atoms with van der Waals surface area (Å²) in [7, 11) is 0. The number of thiocarbonyl (C=S) groups is 1. The van der Waals surface area contributed by atoms with E-state index in [-0.39, 0.29) is 12.5 Å². The Labute approximate surface area is 158 Å². The molecular formula is C16H24ClN4O3S+. The molecule has 1 aromatic rings. The number of carbonyl (C=O) groups is 1. The lowest BCUT2D eigenvalue weighted by atomic mass is 10.3. The molecule has 138 valence electrons. The predicted molar refractivity (Wildman–Crippen MR) is 99.8 cm³/mol. The van der Waals surface area contributed by atoms with Gasteiger partial charge in [-0.05, 0) is 36.5 Å². The van der Waals surface area contributed by atoms with E-state index in [1.807, 2.05) is 0 Å². The zero-order chi connectivity index (χ0) is 17.9. The van der Waals surface area contributed by atoms with Crippen LogP contribution in [0.4, 0.5) is 0 Å². The van der Waals surface area contributed by atoms with Crippen molar-refractivity contribution in [3.8, 4) is 5.75 Å². The van der Waals surface area contributed by atoms with Gasteiger partial charge in [0.1, 0.15) is 18.8 Å². The summed E-state index contributed by atoms with van der Waals surface area (Å²) < 4.78 is 10.7. The van der Waals surface area contributed by atoms with Crippen molar-refractivity contribution < 1.29 is 19.2 Å². The van der Waals surface area contributed by atoms with E-state index < -0.39 is 0 Å². The predicted octanol–water partition coefficient (Wildman–Crippen LogP) is -0.481. The summed E-state index contributed by atoms with van der Waals surface area (Å²) in [5.41, 5.74) is 5.15. The Kier molecular flexibility index (Phi) is 8.75. The van der Waals surface area contributed by atoms with E-state index in [0.29, 0.717) is 15.9 Å². The Hall–Kier alpha value is -1.61.